The number of fused-ring (bicyclic) bond motifs is 4. The molecule has 332 valence electrons. The minimum atomic E-state index is 0.340. The van der Waals surface area contributed by atoms with E-state index in [4.69, 9.17) is 13.8 Å². The maximum atomic E-state index is 5.87. The van der Waals surface area contributed by atoms with Crippen LogP contribution in [0, 0.1) is 96.9 Å². The molecule has 8 rings (SSSR count). The van der Waals surface area contributed by atoms with Gasteiger partial charge in [-0.3, -0.25) is 9.97 Å². The summed E-state index contributed by atoms with van der Waals surface area (Å²) in [5.41, 5.74) is 22.7. The molecule has 8 aromatic rings. The van der Waals surface area contributed by atoms with Crippen molar-refractivity contribution in [1.29, 1.82) is 0 Å². The molecule has 62 heavy (non-hydrogen) atoms. The molecule has 0 bridgehead atoms. The molecule has 7 nitrogen and oxygen atoms in total. The SMILES string of the molecule is Cc1c(C)c(C)c2oc(C(C)C)nc2c1C.Cc1c(C)c(C)c2sc(C(C)C)nc2c1C.Cc1nc(C)c2nc(C(C)C)sc2c1C.Cc1nc(C)c2oc(C(C)C)cc2c1C. The molecule has 0 N–H and O–H groups in total. The average Bonchev–Trinajstić information content (AvgIpc) is 4.04. The van der Waals surface area contributed by atoms with Crippen LogP contribution in [-0.4, -0.2) is 24.9 Å². The molecule has 9 heteroatoms. The van der Waals surface area contributed by atoms with Gasteiger partial charge in [0.05, 0.1) is 36.3 Å². The van der Waals surface area contributed by atoms with Crippen molar-refractivity contribution in [1.82, 2.24) is 24.9 Å². The fourth-order valence-corrected chi connectivity index (χ4v) is 9.82. The lowest BCUT2D eigenvalue weighted by Crippen LogP contribution is -1.92. The highest BCUT2D eigenvalue weighted by Crippen LogP contribution is 2.36. The van der Waals surface area contributed by atoms with E-state index in [1.807, 2.05) is 43.4 Å². The number of nitrogens with zero attached hydrogens (tertiary/aromatic N) is 5. The first-order valence-corrected chi connectivity index (χ1v) is 23.9. The van der Waals surface area contributed by atoms with Crippen LogP contribution in [0.1, 0.15) is 179 Å². The van der Waals surface area contributed by atoms with Crippen molar-refractivity contribution in [3.8, 4) is 0 Å². The highest BCUT2D eigenvalue weighted by atomic mass is 32.1. The summed E-state index contributed by atoms with van der Waals surface area (Å²) in [5.74, 6) is 3.68. The van der Waals surface area contributed by atoms with E-state index in [-0.39, 0.29) is 0 Å². The Morgan fingerprint density at radius 2 is 0.839 bits per heavy atom. The van der Waals surface area contributed by atoms with Gasteiger partial charge in [0, 0.05) is 40.4 Å². The second-order valence-electron chi connectivity index (χ2n) is 18.5. The number of aromatic nitrogens is 5. The Hall–Kier alpha value is -4.47. The van der Waals surface area contributed by atoms with Crippen molar-refractivity contribution in [2.45, 2.75) is 176 Å². The summed E-state index contributed by atoms with van der Waals surface area (Å²) in [7, 11) is 0. The van der Waals surface area contributed by atoms with Crippen molar-refractivity contribution >= 4 is 65.2 Å². The molecule has 0 unspecified atom stereocenters. The average molecular weight is 874 g/mol. The minimum absolute atomic E-state index is 0.340. The molecule has 0 aliphatic rings. The first-order valence-electron chi connectivity index (χ1n) is 22.2. The van der Waals surface area contributed by atoms with E-state index in [0.717, 1.165) is 56.6 Å². The largest absolute Gasteiger partial charge is 0.459 e. The molecule has 0 saturated carbocycles. The lowest BCUT2D eigenvalue weighted by molar-refractivity contribution is 0.500. The van der Waals surface area contributed by atoms with E-state index >= 15 is 0 Å². The Morgan fingerprint density at radius 1 is 0.371 bits per heavy atom. The maximum absolute atomic E-state index is 5.87. The standard InChI is InChI=1S/C14H19NO.C14H19NS.C13H17NO.C12H16N2S/c2*1-7(2)14-15-12-10(5)8(3)9(4)11(6)13(12)16-14;1-7(2)12-6-11-8(3)9(4)14-10(5)13(11)15-12;1-6(2)12-14-10-9(5)13-8(4)7(3)11(10)15-12/h2*7H,1-6H3;6-7H,1-5H3;6H,1-5H3. The van der Waals surface area contributed by atoms with E-state index in [2.05, 4.69) is 158 Å². The van der Waals surface area contributed by atoms with Gasteiger partial charge in [0.1, 0.15) is 16.8 Å². The predicted octanol–water partition coefficient (Wildman–Crippen LogP) is 16.5. The van der Waals surface area contributed by atoms with Crippen molar-refractivity contribution in [2.75, 3.05) is 0 Å². The Kier molecular flexibility index (Phi) is 15.0. The molecular weight excluding hydrogens is 803 g/mol. The molecule has 0 amide bonds. The number of thiazole rings is 2. The number of hydrogen-bond donors (Lipinski definition) is 0. The van der Waals surface area contributed by atoms with Crippen LogP contribution in [0.5, 0.6) is 0 Å². The highest BCUT2D eigenvalue weighted by molar-refractivity contribution is 7.19. The van der Waals surface area contributed by atoms with E-state index in [0.29, 0.717) is 23.7 Å². The van der Waals surface area contributed by atoms with Gasteiger partial charge in [-0.05, 0) is 159 Å². The Balaban J connectivity index is 0.000000156. The third-order valence-electron chi connectivity index (χ3n) is 12.7. The molecule has 6 aromatic heterocycles. The van der Waals surface area contributed by atoms with Gasteiger partial charge < -0.3 is 8.83 Å². The quantitative estimate of drug-likeness (QED) is 0.174. The van der Waals surface area contributed by atoms with E-state index < -0.39 is 0 Å². The summed E-state index contributed by atoms with van der Waals surface area (Å²) in [6.45, 7) is 47.0. The Labute approximate surface area is 379 Å². The fourth-order valence-electron chi connectivity index (χ4n) is 7.46. The summed E-state index contributed by atoms with van der Waals surface area (Å²) < 4.78 is 14.4. The smallest absolute Gasteiger partial charge is 0.198 e. The minimum Gasteiger partial charge on any atom is -0.459 e. The predicted molar refractivity (Wildman–Crippen MR) is 268 cm³/mol. The molecule has 0 saturated heterocycles. The van der Waals surface area contributed by atoms with E-state index in [1.54, 1.807) is 0 Å². The molecule has 6 heterocycles. The summed E-state index contributed by atoms with van der Waals surface area (Å²) >= 11 is 3.67. The molecule has 0 radical (unpaired) electrons. The molecule has 0 spiro atoms. The number of rotatable bonds is 4. The molecule has 2 aromatic carbocycles. The number of hydrogen-bond acceptors (Lipinski definition) is 9. The van der Waals surface area contributed by atoms with Gasteiger partial charge in [-0.2, -0.15) is 0 Å². The zero-order valence-electron chi connectivity index (χ0n) is 41.8. The van der Waals surface area contributed by atoms with Gasteiger partial charge in [-0.25, -0.2) is 15.0 Å². The normalized spacial score (nSPS) is 11.6. The second kappa shape index (κ2) is 19.1. The molecule has 0 atom stereocenters. The van der Waals surface area contributed by atoms with Crippen molar-refractivity contribution in [3.05, 3.63) is 106 Å². The monoisotopic (exact) mass is 874 g/mol. The van der Waals surface area contributed by atoms with Gasteiger partial charge in [-0.1, -0.05) is 55.4 Å². The maximum Gasteiger partial charge on any atom is 0.198 e. The van der Waals surface area contributed by atoms with Crippen LogP contribution in [-0.2, 0) is 0 Å². The van der Waals surface area contributed by atoms with Gasteiger partial charge in [0.25, 0.3) is 0 Å². The summed E-state index contributed by atoms with van der Waals surface area (Å²) in [4.78, 5) is 23.1. The number of pyridine rings is 2. The topological polar surface area (TPSA) is 90.7 Å². The first-order chi connectivity index (χ1) is 28.9. The number of furan rings is 1. The number of aryl methyl sites for hydroxylation is 10. The zero-order chi connectivity index (χ0) is 46.4. The van der Waals surface area contributed by atoms with Crippen LogP contribution in [0.4, 0.5) is 0 Å². The van der Waals surface area contributed by atoms with Crippen LogP contribution in [0.25, 0.3) is 42.5 Å². The fraction of sp³-hybridized carbons (Fsp3) is 0.491. The summed E-state index contributed by atoms with van der Waals surface area (Å²) in [6.07, 6.45) is 0. The number of benzene rings is 2. The van der Waals surface area contributed by atoms with Crippen molar-refractivity contribution < 1.29 is 8.83 Å². The third kappa shape index (κ3) is 9.54. The van der Waals surface area contributed by atoms with E-state index in [1.165, 1.54) is 86.0 Å². The van der Waals surface area contributed by atoms with Crippen molar-refractivity contribution in [2.24, 2.45) is 0 Å². The zero-order valence-corrected chi connectivity index (χ0v) is 43.4. The van der Waals surface area contributed by atoms with Gasteiger partial charge in [0.15, 0.2) is 17.1 Å². The first kappa shape index (κ1) is 48.6. The molecule has 0 aliphatic heterocycles. The molecular formula is C53H71N5O2S2. The van der Waals surface area contributed by atoms with Crippen molar-refractivity contribution in [3.63, 3.8) is 0 Å². The van der Waals surface area contributed by atoms with Crippen LogP contribution in [0.2, 0.25) is 0 Å². The number of oxazole rings is 1. The summed E-state index contributed by atoms with van der Waals surface area (Å²) in [5, 5.41) is 3.68. The van der Waals surface area contributed by atoms with Gasteiger partial charge in [-0.15, -0.1) is 22.7 Å². The lowest BCUT2D eigenvalue weighted by atomic mass is 9.98. The Bertz CT molecular complexity index is 2630. The van der Waals surface area contributed by atoms with Crippen LogP contribution in [0.15, 0.2) is 14.9 Å². The third-order valence-corrected chi connectivity index (χ3v) is 15.6. The summed E-state index contributed by atoms with van der Waals surface area (Å²) in [6, 6.07) is 2.15. The van der Waals surface area contributed by atoms with Gasteiger partial charge in [0.2, 0.25) is 0 Å². The van der Waals surface area contributed by atoms with Crippen LogP contribution < -0.4 is 0 Å². The van der Waals surface area contributed by atoms with Crippen LogP contribution in [0.3, 0.4) is 0 Å². The van der Waals surface area contributed by atoms with E-state index in [9.17, 15) is 0 Å². The second-order valence-corrected chi connectivity index (χ2v) is 20.6. The van der Waals surface area contributed by atoms with Crippen LogP contribution >= 0.6 is 22.7 Å². The molecule has 0 fully saturated rings. The lowest BCUT2D eigenvalue weighted by Gasteiger charge is -2.09. The molecule has 0 aliphatic carbocycles. The van der Waals surface area contributed by atoms with Gasteiger partial charge >= 0.3 is 0 Å². The Morgan fingerprint density at radius 3 is 1.37 bits per heavy atom. The highest BCUT2D eigenvalue weighted by Gasteiger charge is 2.19.